The lowest BCUT2D eigenvalue weighted by Gasteiger charge is -2.30. The van der Waals surface area contributed by atoms with Gasteiger partial charge in [0.1, 0.15) is 0 Å². The van der Waals surface area contributed by atoms with Crippen LogP contribution in [0.15, 0.2) is 29.7 Å². The highest BCUT2D eigenvalue weighted by Gasteiger charge is 2.22. The van der Waals surface area contributed by atoms with E-state index in [0.29, 0.717) is 11.7 Å². The van der Waals surface area contributed by atoms with Crippen molar-refractivity contribution in [2.24, 2.45) is 5.92 Å². The predicted octanol–water partition coefficient (Wildman–Crippen LogP) is 3.10. The van der Waals surface area contributed by atoms with Crippen LogP contribution >= 0.6 is 11.8 Å². The van der Waals surface area contributed by atoms with Crippen LogP contribution in [-0.4, -0.2) is 49.4 Å². The molecule has 0 bridgehead atoms. The van der Waals surface area contributed by atoms with E-state index in [2.05, 4.69) is 33.6 Å². The third-order valence-corrected chi connectivity index (χ3v) is 5.37. The van der Waals surface area contributed by atoms with E-state index in [0.717, 1.165) is 49.0 Å². The number of piperidine rings is 1. The molecule has 1 aliphatic rings. The number of hydrogen-bond acceptors (Lipinski definition) is 5. The summed E-state index contributed by atoms with van der Waals surface area (Å²) in [5.41, 5.74) is 0.950. The summed E-state index contributed by atoms with van der Waals surface area (Å²) in [5.74, 6) is 2.03. The third-order valence-electron chi connectivity index (χ3n) is 4.42. The smallest absolute Gasteiger partial charge is 0.233 e. The highest BCUT2D eigenvalue weighted by atomic mass is 32.2. The van der Waals surface area contributed by atoms with E-state index < -0.39 is 0 Å². The highest BCUT2D eigenvalue weighted by molar-refractivity contribution is 7.99. The molecule has 25 heavy (non-hydrogen) atoms. The summed E-state index contributed by atoms with van der Waals surface area (Å²) in [4.78, 5) is 18.7. The van der Waals surface area contributed by atoms with Gasteiger partial charge < -0.3 is 9.47 Å². The minimum atomic E-state index is 0.200. The number of carbonyl (C=O) groups excluding carboxylic acids is 1. The lowest BCUT2D eigenvalue weighted by atomic mass is 10.0. The van der Waals surface area contributed by atoms with Crippen molar-refractivity contribution in [3.63, 3.8) is 0 Å². The zero-order valence-corrected chi connectivity index (χ0v) is 15.7. The molecule has 1 fully saturated rings. The van der Waals surface area contributed by atoms with Crippen LogP contribution in [-0.2, 0) is 11.3 Å². The van der Waals surface area contributed by atoms with E-state index >= 15 is 0 Å². The minimum Gasteiger partial charge on any atom is -0.342 e. The molecule has 0 N–H and O–H groups in total. The number of rotatable bonds is 6. The largest absolute Gasteiger partial charge is 0.342 e. The Bertz CT molecular complexity index is 703. The van der Waals surface area contributed by atoms with E-state index in [1.807, 2.05) is 17.0 Å². The number of nitrogens with zero attached hydrogens (tertiary/aromatic N) is 5. The molecule has 0 spiro atoms. The topological polar surface area (TPSA) is 63.9 Å². The first kappa shape index (κ1) is 17.9. The molecule has 1 saturated heterocycles. The molecule has 0 aliphatic carbocycles. The zero-order chi connectivity index (χ0) is 17.6. The van der Waals surface area contributed by atoms with Crippen LogP contribution in [0, 0.1) is 5.92 Å². The van der Waals surface area contributed by atoms with Gasteiger partial charge in [0.2, 0.25) is 5.91 Å². The van der Waals surface area contributed by atoms with Crippen molar-refractivity contribution >= 4 is 17.7 Å². The van der Waals surface area contributed by atoms with E-state index in [1.165, 1.54) is 18.2 Å². The van der Waals surface area contributed by atoms with Crippen molar-refractivity contribution in [2.45, 2.75) is 44.8 Å². The Morgan fingerprint density at radius 3 is 3.00 bits per heavy atom. The molecule has 1 aliphatic heterocycles. The van der Waals surface area contributed by atoms with Crippen molar-refractivity contribution in [2.75, 3.05) is 18.8 Å². The summed E-state index contributed by atoms with van der Waals surface area (Å²) in [5, 5.41) is 9.46. The summed E-state index contributed by atoms with van der Waals surface area (Å²) in [7, 11) is 0. The fraction of sp³-hybridized carbons (Fsp3) is 0.556. The first-order valence-corrected chi connectivity index (χ1v) is 9.91. The van der Waals surface area contributed by atoms with Crippen LogP contribution in [0.3, 0.4) is 0 Å². The van der Waals surface area contributed by atoms with Crippen LogP contribution < -0.4 is 0 Å². The molecule has 7 heteroatoms. The monoisotopic (exact) mass is 359 g/mol. The van der Waals surface area contributed by atoms with E-state index in [4.69, 9.17) is 0 Å². The van der Waals surface area contributed by atoms with Gasteiger partial charge in [0.05, 0.1) is 5.75 Å². The first-order chi connectivity index (χ1) is 12.2. The average Bonchev–Trinajstić information content (AvgIpc) is 3.03. The van der Waals surface area contributed by atoms with Crippen molar-refractivity contribution in [3.8, 4) is 11.4 Å². The number of thioether (sulfide) groups is 1. The van der Waals surface area contributed by atoms with Crippen molar-refractivity contribution in [1.82, 2.24) is 24.6 Å². The minimum absolute atomic E-state index is 0.200. The lowest BCUT2D eigenvalue weighted by molar-refractivity contribution is -0.130. The maximum atomic E-state index is 12.5. The molecule has 1 amide bonds. The second kappa shape index (κ2) is 8.47. The van der Waals surface area contributed by atoms with Crippen LogP contribution in [0.5, 0.6) is 0 Å². The Morgan fingerprint density at radius 2 is 2.28 bits per heavy atom. The quantitative estimate of drug-likeness (QED) is 0.742. The molecule has 134 valence electrons. The Balaban J connectivity index is 1.70. The molecular formula is C18H25N5OS. The number of likely N-dealkylation sites (tertiary alicyclic amines) is 1. The second-order valence-corrected chi connectivity index (χ2v) is 7.52. The standard InChI is InChI=1S/C18H25N5OS/c1-3-9-23-17(15-7-4-8-19-11-15)20-21-18(23)25-13-16(24)22-10-5-6-14(2)12-22/h4,7-8,11,14H,3,5-6,9-10,12-13H2,1-2H3/t14-/m0/s1. The molecule has 0 aromatic carbocycles. The molecule has 2 aromatic heterocycles. The summed E-state index contributed by atoms with van der Waals surface area (Å²) < 4.78 is 2.09. The van der Waals surface area contributed by atoms with Crippen molar-refractivity contribution in [1.29, 1.82) is 0 Å². The van der Waals surface area contributed by atoms with Gasteiger partial charge in [-0.15, -0.1) is 10.2 Å². The summed E-state index contributed by atoms with van der Waals surface area (Å²) in [6.45, 7) is 6.93. The molecule has 3 rings (SSSR count). The molecule has 0 saturated carbocycles. The molecule has 6 nitrogen and oxygen atoms in total. The number of aromatic nitrogens is 4. The fourth-order valence-corrected chi connectivity index (χ4v) is 4.03. The molecule has 2 aromatic rings. The Kier molecular flexibility index (Phi) is 6.07. The molecule has 0 unspecified atom stereocenters. The second-order valence-electron chi connectivity index (χ2n) is 6.58. The maximum Gasteiger partial charge on any atom is 0.233 e. The Morgan fingerprint density at radius 1 is 1.40 bits per heavy atom. The maximum absolute atomic E-state index is 12.5. The van der Waals surface area contributed by atoms with Gasteiger partial charge in [-0.1, -0.05) is 25.6 Å². The van der Waals surface area contributed by atoms with Gasteiger partial charge in [0.15, 0.2) is 11.0 Å². The van der Waals surface area contributed by atoms with Gasteiger partial charge in [0.25, 0.3) is 0 Å². The zero-order valence-electron chi connectivity index (χ0n) is 14.9. The Labute approximate surface area is 153 Å². The van der Waals surface area contributed by atoms with Gasteiger partial charge in [-0.3, -0.25) is 9.78 Å². The van der Waals surface area contributed by atoms with Crippen molar-refractivity contribution < 1.29 is 4.79 Å². The number of pyridine rings is 1. The van der Waals surface area contributed by atoms with Gasteiger partial charge in [-0.2, -0.15) is 0 Å². The van der Waals surface area contributed by atoms with Crippen LogP contribution in [0.25, 0.3) is 11.4 Å². The van der Waals surface area contributed by atoms with Gasteiger partial charge >= 0.3 is 0 Å². The summed E-state index contributed by atoms with van der Waals surface area (Å²) in [6.07, 6.45) is 6.85. The molecule has 0 radical (unpaired) electrons. The summed E-state index contributed by atoms with van der Waals surface area (Å²) in [6, 6.07) is 3.88. The molecule has 1 atom stereocenters. The third kappa shape index (κ3) is 4.39. The van der Waals surface area contributed by atoms with E-state index in [1.54, 1.807) is 12.4 Å². The number of hydrogen-bond donors (Lipinski definition) is 0. The van der Waals surface area contributed by atoms with Crippen LogP contribution in [0.2, 0.25) is 0 Å². The van der Waals surface area contributed by atoms with Gasteiger partial charge in [0, 0.05) is 37.6 Å². The number of amides is 1. The first-order valence-electron chi connectivity index (χ1n) is 8.93. The molecular weight excluding hydrogens is 334 g/mol. The SMILES string of the molecule is CCCn1c(SCC(=O)N2CCC[C@H](C)C2)nnc1-c1cccnc1. The highest BCUT2D eigenvalue weighted by Crippen LogP contribution is 2.25. The van der Waals surface area contributed by atoms with Crippen LogP contribution in [0.4, 0.5) is 0 Å². The van der Waals surface area contributed by atoms with E-state index in [-0.39, 0.29) is 5.91 Å². The molecule has 3 heterocycles. The number of carbonyl (C=O) groups is 1. The fourth-order valence-electron chi connectivity index (χ4n) is 3.16. The Hall–Kier alpha value is -1.89. The normalized spacial score (nSPS) is 17.7. The van der Waals surface area contributed by atoms with Crippen LogP contribution in [0.1, 0.15) is 33.1 Å². The van der Waals surface area contributed by atoms with Gasteiger partial charge in [-0.25, -0.2) is 0 Å². The van der Waals surface area contributed by atoms with E-state index in [9.17, 15) is 4.79 Å². The average molecular weight is 359 g/mol. The summed E-state index contributed by atoms with van der Waals surface area (Å²) >= 11 is 1.48. The van der Waals surface area contributed by atoms with Gasteiger partial charge in [-0.05, 0) is 37.3 Å². The predicted molar refractivity (Wildman–Crippen MR) is 99.2 cm³/mol. The van der Waals surface area contributed by atoms with Crippen molar-refractivity contribution in [3.05, 3.63) is 24.5 Å². The lowest BCUT2D eigenvalue weighted by Crippen LogP contribution is -2.40.